The van der Waals surface area contributed by atoms with Crippen LogP contribution < -0.4 is 0 Å². The zero-order chi connectivity index (χ0) is 14.1. The second-order valence-electron chi connectivity index (χ2n) is 3.86. The van der Waals surface area contributed by atoms with E-state index in [0.717, 1.165) is 4.52 Å². The van der Waals surface area contributed by atoms with E-state index < -0.39 is 12.2 Å². The van der Waals surface area contributed by atoms with Gasteiger partial charge in [0.15, 0.2) is 5.65 Å². The number of aromatic nitrogens is 4. The Kier molecular flexibility index (Phi) is 3.31. The van der Waals surface area contributed by atoms with Crippen LogP contribution in [0.4, 0.5) is 13.2 Å². The molecule has 0 aliphatic rings. The molecule has 0 amide bonds. The molecule has 0 unspecified atom stereocenters. The highest BCUT2D eigenvalue weighted by Crippen LogP contribution is 2.27. The summed E-state index contributed by atoms with van der Waals surface area (Å²) in [6, 6.07) is 9.10. The maximum absolute atomic E-state index is 13.1. The van der Waals surface area contributed by atoms with Crippen LogP contribution in [0.5, 0.6) is 0 Å². The average molecular weight is 296 g/mol. The third-order valence-corrected chi connectivity index (χ3v) is 3.39. The largest absolute Gasteiger partial charge is 0.299 e. The quantitative estimate of drug-likeness (QED) is 0.743. The lowest BCUT2D eigenvalue weighted by molar-refractivity contribution is 0.137. The van der Waals surface area contributed by atoms with Crippen LogP contribution in [0.15, 0.2) is 46.3 Å². The summed E-state index contributed by atoms with van der Waals surface area (Å²) in [6.45, 7) is 0. The van der Waals surface area contributed by atoms with E-state index in [1.165, 1.54) is 30.0 Å². The lowest BCUT2D eigenvalue weighted by Gasteiger charge is -2.02. The summed E-state index contributed by atoms with van der Waals surface area (Å²) in [5, 5.41) is 11.5. The summed E-state index contributed by atoms with van der Waals surface area (Å²) in [7, 11) is 0. The molecule has 0 aliphatic carbocycles. The number of hydrogen-bond donors (Lipinski definition) is 0. The molecule has 0 fully saturated rings. The minimum Gasteiger partial charge on any atom is -0.207 e. The fourth-order valence-electron chi connectivity index (χ4n) is 1.63. The van der Waals surface area contributed by atoms with Gasteiger partial charge < -0.3 is 0 Å². The number of alkyl halides is 2. The van der Waals surface area contributed by atoms with Crippen molar-refractivity contribution in [2.24, 2.45) is 0 Å². The van der Waals surface area contributed by atoms with E-state index in [1.807, 2.05) is 0 Å². The highest BCUT2D eigenvalue weighted by Gasteiger charge is 2.17. The first-order valence-corrected chi connectivity index (χ1v) is 6.39. The van der Waals surface area contributed by atoms with Gasteiger partial charge in [0.1, 0.15) is 10.8 Å². The number of fused-ring (bicyclic) bond motifs is 1. The highest BCUT2D eigenvalue weighted by molar-refractivity contribution is 7.99. The minimum atomic E-state index is -2.76. The van der Waals surface area contributed by atoms with Crippen molar-refractivity contribution in [3.63, 3.8) is 0 Å². The van der Waals surface area contributed by atoms with E-state index in [2.05, 4.69) is 15.3 Å². The Labute approximate surface area is 115 Å². The summed E-state index contributed by atoms with van der Waals surface area (Å²) >= 11 is 1.17. The predicted octanol–water partition coefficient (Wildman–Crippen LogP) is 3.35. The molecular formula is C12H7F3N4S. The molecule has 3 rings (SSSR count). The van der Waals surface area contributed by atoms with Crippen LogP contribution in [0.2, 0.25) is 0 Å². The summed E-state index contributed by atoms with van der Waals surface area (Å²) in [6.07, 6.45) is -2.76. The van der Waals surface area contributed by atoms with E-state index in [-0.39, 0.29) is 11.5 Å². The van der Waals surface area contributed by atoms with Crippen molar-refractivity contribution in [1.29, 1.82) is 0 Å². The molecule has 102 valence electrons. The molecule has 0 N–H and O–H groups in total. The average Bonchev–Trinajstić information content (AvgIpc) is 2.82. The van der Waals surface area contributed by atoms with Crippen LogP contribution in [-0.4, -0.2) is 19.8 Å². The second-order valence-corrected chi connectivity index (χ2v) is 4.95. The zero-order valence-corrected chi connectivity index (χ0v) is 10.7. The van der Waals surface area contributed by atoms with Gasteiger partial charge in [0.25, 0.3) is 6.43 Å². The molecule has 0 radical (unpaired) electrons. The fraction of sp³-hybridized carbons (Fsp3) is 0.0833. The van der Waals surface area contributed by atoms with Gasteiger partial charge >= 0.3 is 0 Å². The molecule has 0 bridgehead atoms. The molecular weight excluding hydrogens is 289 g/mol. The van der Waals surface area contributed by atoms with E-state index in [4.69, 9.17) is 0 Å². The van der Waals surface area contributed by atoms with Crippen molar-refractivity contribution in [3.8, 4) is 0 Å². The predicted molar refractivity (Wildman–Crippen MR) is 66.3 cm³/mol. The van der Waals surface area contributed by atoms with Gasteiger partial charge in [-0.3, -0.25) is 0 Å². The molecule has 0 spiro atoms. The third-order valence-electron chi connectivity index (χ3n) is 2.48. The Morgan fingerprint density at radius 2 is 1.95 bits per heavy atom. The van der Waals surface area contributed by atoms with Crippen LogP contribution in [0.3, 0.4) is 0 Å². The van der Waals surface area contributed by atoms with Gasteiger partial charge in [0, 0.05) is 4.90 Å². The Morgan fingerprint density at radius 1 is 1.10 bits per heavy atom. The van der Waals surface area contributed by atoms with Crippen molar-refractivity contribution < 1.29 is 13.2 Å². The third kappa shape index (κ3) is 2.46. The molecule has 0 saturated heterocycles. The Balaban J connectivity index is 1.98. The van der Waals surface area contributed by atoms with Crippen LogP contribution in [0, 0.1) is 5.82 Å². The minimum absolute atomic E-state index is 0.240. The monoisotopic (exact) mass is 296 g/mol. The Hall–Kier alpha value is -2.09. The van der Waals surface area contributed by atoms with Crippen LogP contribution >= 0.6 is 11.8 Å². The zero-order valence-electron chi connectivity index (χ0n) is 9.87. The van der Waals surface area contributed by atoms with Gasteiger partial charge in [0.2, 0.25) is 5.82 Å². The Bertz CT molecular complexity index is 759. The first kappa shape index (κ1) is 12.9. The summed E-state index contributed by atoms with van der Waals surface area (Å²) in [4.78, 5) is 0.628. The number of nitrogens with zero attached hydrogens (tertiary/aromatic N) is 4. The van der Waals surface area contributed by atoms with Crippen molar-refractivity contribution in [2.45, 2.75) is 16.3 Å². The van der Waals surface area contributed by atoms with Crippen LogP contribution in [0.25, 0.3) is 5.65 Å². The summed E-state index contributed by atoms with van der Waals surface area (Å²) < 4.78 is 39.5. The van der Waals surface area contributed by atoms with Crippen LogP contribution in [-0.2, 0) is 0 Å². The van der Waals surface area contributed by atoms with Gasteiger partial charge in [-0.25, -0.2) is 13.2 Å². The molecule has 20 heavy (non-hydrogen) atoms. The first-order chi connectivity index (χ1) is 9.63. The van der Waals surface area contributed by atoms with E-state index in [1.54, 1.807) is 18.2 Å². The summed E-state index contributed by atoms with van der Waals surface area (Å²) in [5.74, 6) is -0.879. The second kappa shape index (κ2) is 5.12. The molecule has 0 aliphatic heterocycles. The lowest BCUT2D eigenvalue weighted by Crippen LogP contribution is -2.00. The van der Waals surface area contributed by atoms with E-state index in [0.29, 0.717) is 9.92 Å². The number of hydrogen-bond acceptors (Lipinski definition) is 4. The van der Waals surface area contributed by atoms with Crippen molar-refractivity contribution in [1.82, 2.24) is 19.8 Å². The topological polar surface area (TPSA) is 43.1 Å². The normalized spacial score (nSPS) is 11.4. The smallest absolute Gasteiger partial charge is 0.207 e. The molecule has 3 aromatic rings. The first-order valence-electron chi connectivity index (χ1n) is 5.57. The molecule has 2 aromatic heterocycles. The van der Waals surface area contributed by atoms with E-state index in [9.17, 15) is 13.2 Å². The molecule has 0 atom stereocenters. The number of rotatable bonds is 3. The number of benzene rings is 1. The maximum atomic E-state index is 13.1. The summed E-state index contributed by atoms with van der Waals surface area (Å²) in [5.41, 5.74) is 0.240. The van der Waals surface area contributed by atoms with Crippen LogP contribution in [0.1, 0.15) is 12.2 Å². The van der Waals surface area contributed by atoms with Gasteiger partial charge in [-0.15, -0.1) is 10.2 Å². The van der Waals surface area contributed by atoms with Crippen molar-refractivity contribution in [3.05, 3.63) is 48.0 Å². The lowest BCUT2D eigenvalue weighted by atomic mass is 10.4. The van der Waals surface area contributed by atoms with Gasteiger partial charge in [-0.1, -0.05) is 17.8 Å². The number of halogens is 3. The maximum Gasteiger partial charge on any atom is 0.299 e. The van der Waals surface area contributed by atoms with Gasteiger partial charge in [-0.05, 0) is 30.3 Å². The van der Waals surface area contributed by atoms with Crippen molar-refractivity contribution >= 4 is 17.4 Å². The van der Waals surface area contributed by atoms with Crippen molar-refractivity contribution in [2.75, 3.05) is 0 Å². The standard InChI is InChI=1S/C12H7F3N4S/c13-7-2-1-3-8(6-7)20-10-5-4-9-16-17-12(11(14)15)19(9)18-10/h1-6,11H. The highest BCUT2D eigenvalue weighted by atomic mass is 32.2. The van der Waals surface area contributed by atoms with Gasteiger partial charge in [-0.2, -0.15) is 9.61 Å². The molecule has 8 heteroatoms. The molecule has 0 saturated carbocycles. The molecule has 2 heterocycles. The molecule has 1 aromatic carbocycles. The molecule has 4 nitrogen and oxygen atoms in total. The van der Waals surface area contributed by atoms with Gasteiger partial charge in [0.05, 0.1) is 0 Å². The SMILES string of the molecule is Fc1cccc(Sc2ccc3nnc(C(F)F)n3n2)c1. The Morgan fingerprint density at radius 3 is 2.70 bits per heavy atom. The van der Waals surface area contributed by atoms with E-state index >= 15 is 0 Å². The fourth-order valence-corrected chi connectivity index (χ4v) is 2.45.